The lowest BCUT2D eigenvalue weighted by molar-refractivity contribution is -0.132. The Morgan fingerprint density at radius 2 is 1.55 bits per heavy atom. The van der Waals surface area contributed by atoms with Crippen molar-refractivity contribution < 1.29 is 19.4 Å². The first-order valence-corrected chi connectivity index (χ1v) is 12.6. The van der Waals surface area contributed by atoms with Crippen molar-refractivity contribution in [2.45, 2.75) is 33.4 Å². The Kier molecular flexibility index (Phi) is 6.84. The molecule has 190 valence electrons. The van der Waals surface area contributed by atoms with Gasteiger partial charge in [-0.3, -0.25) is 14.5 Å². The molecule has 1 fully saturated rings. The van der Waals surface area contributed by atoms with E-state index in [0.29, 0.717) is 23.6 Å². The number of hydrogen-bond donors (Lipinski definition) is 1. The van der Waals surface area contributed by atoms with Gasteiger partial charge in [0.2, 0.25) is 0 Å². The van der Waals surface area contributed by atoms with Crippen molar-refractivity contribution in [3.63, 3.8) is 0 Å². The first kappa shape index (κ1) is 25.0. The molecule has 0 radical (unpaired) electrons. The summed E-state index contributed by atoms with van der Waals surface area (Å²) in [7, 11) is 0. The monoisotopic (exact) mass is 503 g/mol. The van der Waals surface area contributed by atoms with E-state index >= 15 is 0 Å². The van der Waals surface area contributed by atoms with Gasteiger partial charge in [0.15, 0.2) is 0 Å². The van der Waals surface area contributed by atoms with Crippen molar-refractivity contribution >= 4 is 23.1 Å². The maximum Gasteiger partial charge on any atom is 0.300 e. The fourth-order valence-corrected chi connectivity index (χ4v) is 4.81. The molecular weight excluding hydrogens is 474 g/mol. The van der Waals surface area contributed by atoms with Crippen LogP contribution in [0.4, 0.5) is 5.69 Å². The molecule has 5 rings (SSSR count). The number of aliphatic hydroxyl groups is 1. The zero-order valence-corrected chi connectivity index (χ0v) is 21.6. The van der Waals surface area contributed by atoms with E-state index in [1.165, 1.54) is 4.90 Å². The van der Waals surface area contributed by atoms with E-state index in [0.717, 1.165) is 27.8 Å². The maximum absolute atomic E-state index is 13.4. The van der Waals surface area contributed by atoms with Crippen LogP contribution >= 0.6 is 0 Å². The number of carbonyl (C=O) groups is 2. The van der Waals surface area contributed by atoms with Gasteiger partial charge in [-0.05, 0) is 67.8 Å². The van der Waals surface area contributed by atoms with Crippen LogP contribution in [0.3, 0.4) is 0 Å². The largest absolute Gasteiger partial charge is 0.507 e. The number of aliphatic hydroxyl groups excluding tert-OH is 1. The van der Waals surface area contributed by atoms with Crippen molar-refractivity contribution in [3.8, 4) is 5.75 Å². The molecule has 1 aliphatic heterocycles. The van der Waals surface area contributed by atoms with Crippen LogP contribution in [0.5, 0.6) is 5.75 Å². The minimum absolute atomic E-state index is 0.0681. The number of anilines is 1. The molecule has 1 saturated heterocycles. The second-order valence-electron chi connectivity index (χ2n) is 9.67. The fraction of sp³-hybridized carbons (Fsp3) is 0.152. The summed E-state index contributed by atoms with van der Waals surface area (Å²) in [4.78, 5) is 28.3. The second kappa shape index (κ2) is 10.4. The summed E-state index contributed by atoms with van der Waals surface area (Å²) >= 11 is 0. The van der Waals surface area contributed by atoms with Gasteiger partial charge in [-0.15, -0.1) is 0 Å². The Bertz CT molecular complexity index is 1540. The van der Waals surface area contributed by atoms with Crippen LogP contribution in [0, 0.1) is 20.8 Å². The lowest BCUT2D eigenvalue weighted by Crippen LogP contribution is -2.29. The van der Waals surface area contributed by atoms with E-state index in [-0.39, 0.29) is 11.3 Å². The second-order valence-corrected chi connectivity index (χ2v) is 9.67. The normalized spacial score (nSPS) is 16.6. The summed E-state index contributed by atoms with van der Waals surface area (Å²) < 4.78 is 5.98. The molecule has 0 aromatic heterocycles. The number of rotatable bonds is 6. The van der Waals surface area contributed by atoms with Crippen molar-refractivity contribution in [1.29, 1.82) is 0 Å². The van der Waals surface area contributed by atoms with Crippen LogP contribution in [0.2, 0.25) is 0 Å². The zero-order valence-electron chi connectivity index (χ0n) is 21.6. The van der Waals surface area contributed by atoms with E-state index in [1.54, 1.807) is 18.2 Å². The van der Waals surface area contributed by atoms with E-state index in [4.69, 9.17) is 4.74 Å². The molecule has 1 unspecified atom stereocenters. The molecule has 4 aromatic rings. The molecule has 4 aromatic carbocycles. The number of aryl methyl sites for hydroxylation is 3. The number of ether oxygens (including phenoxy) is 1. The number of hydrogen-bond acceptors (Lipinski definition) is 4. The first-order valence-electron chi connectivity index (χ1n) is 12.6. The standard InChI is InChI=1S/C33H29NO4/c1-21-12-15-27(16-13-21)34-30(25-11-7-8-22(2)18-25)29(32(36)33(34)37)31(35)26-14-17-28(23(3)19-26)38-20-24-9-5-4-6-10-24/h4-19,30,35H,20H2,1-3H3/b31-29-. The summed E-state index contributed by atoms with van der Waals surface area (Å²) in [6.45, 7) is 6.23. The van der Waals surface area contributed by atoms with Gasteiger partial charge in [0.25, 0.3) is 11.7 Å². The predicted molar refractivity (Wildman–Crippen MR) is 149 cm³/mol. The molecule has 0 saturated carbocycles. The van der Waals surface area contributed by atoms with Crippen LogP contribution in [-0.2, 0) is 16.2 Å². The predicted octanol–water partition coefficient (Wildman–Crippen LogP) is 6.82. The third-order valence-electron chi connectivity index (χ3n) is 6.80. The number of ketones is 1. The molecule has 5 heteroatoms. The summed E-state index contributed by atoms with van der Waals surface area (Å²) in [5.41, 5.74) is 5.77. The molecule has 0 aliphatic carbocycles. The van der Waals surface area contributed by atoms with Gasteiger partial charge in [-0.2, -0.15) is 0 Å². The van der Waals surface area contributed by atoms with Gasteiger partial charge in [0, 0.05) is 11.3 Å². The SMILES string of the molecule is Cc1ccc(N2C(=O)C(=O)/C(=C(\O)c3ccc(OCc4ccccc4)c(C)c3)C2c2cccc(C)c2)cc1. The highest BCUT2D eigenvalue weighted by atomic mass is 16.5. The minimum atomic E-state index is -0.757. The quantitative estimate of drug-likeness (QED) is 0.178. The van der Waals surface area contributed by atoms with Crippen molar-refractivity contribution in [2.24, 2.45) is 0 Å². The van der Waals surface area contributed by atoms with Crippen LogP contribution in [0.15, 0.2) is 103 Å². The molecule has 38 heavy (non-hydrogen) atoms. The maximum atomic E-state index is 13.4. The minimum Gasteiger partial charge on any atom is -0.507 e. The number of benzene rings is 4. The molecule has 1 heterocycles. The average molecular weight is 504 g/mol. The lowest BCUT2D eigenvalue weighted by atomic mass is 9.93. The van der Waals surface area contributed by atoms with Crippen LogP contribution < -0.4 is 9.64 Å². The zero-order chi connectivity index (χ0) is 26.8. The van der Waals surface area contributed by atoms with Crippen LogP contribution in [-0.4, -0.2) is 16.8 Å². The third-order valence-corrected chi connectivity index (χ3v) is 6.80. The Morgan fingerprint density at radius 3 is 2.24 bits per heavy atom. The van der Waals surface area contributed by atoms with E-state index < -0.39 is 17.7 Å². The molecule has 5 nitrogen and oxygen atoms in total. The Hall–Kier alpha value is -4.64. The number of Topliss-reactive ketones (excluding diaryl/α,β-unsaturated/α-hetero) is 1. The van der Waals surface area contributed by atoms with Gasteiger partial charge in [-0.1, -0.05) is 77.9 Å². The van der Waals surface area contributed by atoms with E-state index in [2.05, 4.69) is 0 Å². The number of amides is 1. The first-order chi connectivity index (χ1) is 18.3. The molecule has 1 aliphatic rings. The summed E-state index contributed by atoms with van der Waals surface area (Å²) in [6.07, 6.45) is 0. The van der Waals surface area contributed by atoms with Crippen LogP contribution in [0.25, 0.3) is 5.76 Å². The van der Waals surface area contributed by atoms with Gasteiger partial charge in [0.05, 0.1) is 11.6 Å². The van der Waals surface area contributed by atoms with Gasteiger partial charge in [-0.25, -0.2) is 0 Å². The molecular formula is C33H29NO4. The molecule has 1 atom stereocenters. The third kappa shape index (κ3) is 4.83. The number of carbonyl (C=O) groups excluding carboxylic acids is 2. The van der Waals surface area contributed by atoms with Crippen LogP contribution in [0.1, 0.15) is 39.4 Å². The molecule has 0 bridgehead atoms. The highest BCUT2D eigenvalue weighted by Crippen LogP contribution is 2.42. The van der Waals surface area contributed by atoms with Crippen molar-refractivity contribution in [3.05, 3.63) is 136 Å². The summed E-state index contributed by atoms with van der Waals surface area (Å²) in [5, 5.41) is 11.5. The molecule has 1 N–H and O–H groups in total. The Balaban J connectivity index is 1.56. The van der Waals surface area contributed by atoms with Gasteiger partial charge >= 0.3 is 0 Å². The van der Waals surface area contributed by atoms with Gasteiger partial charge in [0.1, 0.15) is 18.1 Å². The lowest BCUT2D eigenvalue weighted by Gasteiger charge is -2.26. The van der Waals surface area contributed by atoms with E-state index in [1.807, 2.05) is 99.6 Å². The molecule has 0 spiro atoms. The Labute approximate surface area is 222 Å². The van der Waals surface area contributed by atoms with Crippen molar-refractivity contribution in [1.82, 2.24) is 0 Å². The topological polar surface area (TPSA) is 66.8 Å². The summed E-state index contributed by atoms with van der Waals surface area (Å²) in [5.74, 6) is -0.902. The Morgan fingerprint density at radius 1 is 0.816 bits per heavy atom. The molecule has 1 amide bonds. The average Bonchev–Trinajstić information content (AvgIpc) is 3.18. The fourth-order valence-electron chi connectivity index (χ4n) is 4.81. The van der Waals surface area contributed by atoms with Gasteiger partial charge < -0.3 is 9.84 Å². The van der Waals surface area contributed by atoms with E-state index in [9.17, 15) is 14.7 Å². The highest BCUT2D eigenvalue weighted by Gasteiger charge is 2.47. The van der Waals surface area contributed by atoms with Crippen molar-refractivity contribution in [2.75, 3.05) is 4.90 Å². The summed E-state index contributed by atoms with van der Waals surface area (Å²) in [6, 6.07) is 29.5. The number of nitrogens with zero attached hydrogens (tertiary/aromatic N) is 1. The smallest absolute Gasteiger partial charge is 0.300 e. The highest BCUT2D eigenvalue weighted by molar-refractivity contribution is 6.51.